The highest BCUT2D eigenvalue weighted by molar-refractivity contribution is 8.00. The predicted molar refractivity (Wildman–Crippen MR) is 98.4 cm³/mol. The molecule has 6 heteroatoms. The summed E-state index contributed by atoms with van der Waals surface area (Å²) in [5.41, 5.74) is 4.60. The molecule has 0 saturated heterocycles. The number of fused-ring (bicyclic) bond motifs is 1. The lowest BCUT2D eigenvalue weighted by Gasteiger charge is -2.15. The number of carbonyl (C=O) groups is 1. The number of anilines is 1. The van der Waals surface area contributed by atoms with Gasteiger partial charge in [0, 0.05) is 11.9 Å². The van der Waals surface area contributed by atoms with E-state index in [1.807, 2.05) is 51.1 Å². The highest BCUT2D eigenvalue weighted by Crippen LogP contribution is 2.26. The van der Waals surface area contributed by atoms with Crippen LogP contribution in [0.4, 0.5) is 5.69 Å². The number of nitrogens with one attached hydrogen (secondary N) is 2. The van der Waals surface area contributed by atoms with E-state index in [0.717, 1.165) is 22.3 Å². The van der Waals surface area contributed by atoms with E-state index in [0.29, 0.717) is 17.2 Å². The molecule has 3 rings (SSSR count). The van der Waals surface area contributed by atoms with Gasteiger partial charge in [-0.05, 0) is 49.6 Å². The first kappa shape index (κ1) is 16.5. The number of aromatic nitrogens is 3. The average Bonchev–Trinajstić information content (AvgIpc) is 2.98. The van der Waals surface area contributed by atoms with Crippen molar-refractivity contribution in [1.29, 1.82) is 0 Å². The topological polar surface area (TPSA) is 70.7 Å². The Kier molecular flexibility index (Phi) is 4.85. The number of nitrogens with zero attached hydrogens (tertiary/aromatic N) is 2. The number of aryl methyl sites for hydroxylation is 2. The van der Waals surface area contributed by atoms with E-state index in [-0.39, 0.29) is 11.2 Å². The molecule has 0 spiro atoms. The summed E-state index contributed by atoms with van der Waals surface area (Å²) in [5, 5.41) is 3.54. The minimum atomic E-state index is -0.217. The fourth-order valence-electron chi connectivity index (χ4n) is 2.42. The van der Waals surface area contributed by atoms with Crippen molar-refractivity contribution in [3.63, 3.8) is 0 Å². The van der Waals surface area contributed by atoms with Crippen molar-refractivity contribution in [3.05, 3.63) is 47.7 Å². The molecule has 0 bridgehead atoms. The normalized spacial score (nSPS) is 12.3. The average molecular weight is 340 g/mol. The Morgan fingerprint density at radius 3 is 2.92 bits per heavy atom. The zero-order valence-corrected chi connectivity index (χ0v) is 14.8. The summed E-state index contributed by atoms with van der Waals surface area (Å²) in [6.45, 7) is 6.01. The second-order valence-corrected chi connectivity index (χ2v) is 6.93. The van der Waals surface area contributed by atoms with Crippen molar-refractivity contribution in [1.82, 2.24) is 15.0 Å². The quantitative estimate of drug-likeness (QED) is 0.687. The zero-order chi connectivity index (χ0) is 17.1. The number of hydrogen-bond acceptors (Lipinski definition) is 4. The number of amides is 1. The van der Waals surface area contributed by atoms with Crippen LogP contribution in [0.25, 0.3) is 11.2 Å². The lowest BCUT2D eigenvalue weighted by atomic mass is 10.1. The molecule has 0 saturated carbocycles. The number of benzene rings is 1. The van der Waals surface area contributed by atoms with Gasteiger partial charge in [0.15, 0.2) is 10.8 Å². The van der Waals surface area contributed by atoms with Crippen LogP contribution in [0.5, 0.6) is 0 Å². The molecule has 0 fully saturated rings. The molecule has 1 atom stereocenters. The van der Waals surface area contributed by atoms with Gasteiger partial charge in [0.05, 0.1) is 10.8 Å². The third-order valence-electron chi connectivity index (χ3n) is 3.80. The molecule has 0 aliphatic carbocycles. The van der Waals surface area contributed by atoms with Crippen LogP contribution in [0.2, 0.25) is 0 Å². The minimum Gasteiger partial charge on any atom is -0.332 e. The highest BCUT2D eigenvalue weighted by Gasteiger charge is 2.20. The Bertz CT molecular complexity index is 841. The van der Waals surface area contributed by atoms with E-state index < -0.39 is 0 Å². The van der Waals surface area contributed by atoms with Crippen LogP contribution in [0.15, 0.2) is 41.7 Å². The van der Waals surface area contributed by atoms with Crippen molar-refractivity contribution >= 4 is 34.5 Å². The summed E-state index contributed by atoms with van der Waals surface area (Å²) in [6.07, 6.45) is 2.42. The predicted octanol–water partition coefficient (Wildman–Crippen LogP) is 4.08. The van der Waals surface area contributed by atoms with Gasteiger partial charge in [-0.15, -0.1) is 0 Å². The number of carbonyl (C=O) groups excluding carboxylic acids is 1. The standard InChI is InChI=1S/C18H20N4OS/c1-4-15(17(23)20-14-10-11(2)7-8-12(14)3)24-18-21-13-6-5-9-19-16(13)22-18/h5-10,15H,4H2,1-3H3,(H,20,23)(H,19,21,22)/t15-/m1/s1. The molecule has 3 aromatic rings. The lowest BCUT2D eigenvalue weighted by molar-refractivity contribution is -0.115. The van der Waals surface area contributed by atoms with Crippen molar-refractivity contribution in [2.75, 3.05) is 5.32 Å². The molecular weight excluding hydrogens is 320 g/mol. The Balaban J connectivity index is 1.75. The van der Waals surface area contributed by atoms with E-state index in [4.69, 9.17) is 0 Å². The van der Waals surface area contributed by atoms with Gasteiger partial charge in [-0.25, -0.2) is 9.97 Å². The van der Waals surface area contributed by atoms with Crippen molar-refractivity contribution < 1.29 is 4.79 Å². The molecule has 0 unspecified atom stereocenters. The van der Waals surface area contributed by atoms with Gasteiger partial charge in [0.25, 0.3) is 0 Å². The maximum atomic E-state index is 12.6. The molecule has 0 aliphatic rings. The summed E-state index contributed by atoms with van der Waals surface area (Å²) in [7, 11) is 0. The Labute approximate surface area is 145 Å². The highest BCUT2D eigenvalue weighted by atomic mass is 32.2. The first-order valence-electron chi connectivity index (χ1n) is 7.92. The van der Waals surface area contributed by atoms with Crippen LogP contribution < -0.4 is 5.32 Å². The fourth-order valence-corrected chi connectivity index (χ4v) is 3.33. The molecule has 0 radical (unpaired) electrons. The van der Waals surface area contributed by atoms with Gasteiger partial charge in [-0.3, -0.25) is 4.79 Å². The molecule has 1 amide bonds. The van der Waals surface area contributed by atoms with Crippen molar-refractivity contribution in [2.45, 2.75) is 37.6 Å². The molecule has 2 aromatic heterocycles. The lowest BCUT2D eigenvalue weighted by Crippen LogP contribution is -2.25. The molecule has 2 N–H and O–H groups in total. The summed E-state index contributed by atoms with van der Waals surface area (Å²) < 4.78 is 0. The van der Waals surface area contributed by atoms with Gasteiger partial charge >= 0.3 is 0 Å². The van der Waals surface area contributed by atoms with Gasteiger partial charge in [0.2, 0.25) is 5.91 Å². The molecule has 124 valence electrons. The van der Waals surface area contributed by atoms with Gasteiger partial charge in [0.1, 0.15) is 0 Å². The number of aromatic amines is 1. The summed E-state index contributed by atoms with van der Waals surface area (Å²) in [6, 6.07) is 9.84. The van der Waals surface area contributed by atoms with E-state index in [1.165, 1.54) is 11.8 Å². The smallest absolute Gasteiger partial charge is 0.237 e. The van der Waals surface area contributed by atoms with E-state index in [9.17, 15) is 4.79 Å². The maximum Gasteiger partial charge on any atom is 0.237 e. The number of imidazole rings is 1. The summed E-state index contributed by atoms with van der Waals surface area (Å²) in [4.78, 5) is 24.5. The van der Waals surface area contributed by atoms with Crippen LogP contribution in [0, 0.1) is 13.8 Å². The largest absolute Gasteiger partial charge is 0.332 e. The van der Waals surface area contributed by atoms with Crippen molar-refractivity contribution in [2.24, 2.45) is 0 Å². The van der Waals surface area contributed by atoms with Gasteiger partial charge in [-0.2, -0.15) is 0 Å². The SMILES string of the molecule is CC[C@@H](Sc1nc2ncccc2[nH]1)C(=O)Nc1cc(C)ccc1C. The summed E-state index contributed by atoms with van der Waals surface area (Å²) in [5.74, 6) is -0.00962. The number of rotatable bonds is 5. The molecule has 0 aliphatic heterocycles. The molecular formula is C18H20N4OS. The Morgan fingerprint density at radius 1 is 1.33 bits per heavy atom. The van der Waals surface area contributed by atoms with Gasteiger partial charge in [-0.1, -0.05) is 30.8 Å². The number of hydrogen-bond donors (Lipinski definition) is 2. The van der Waals surface area contributed by atoms with E-state index in [1.54, 1.807) is 6.20 Å². The molecule has 2 heterocycles. The third kappa shape index (κ3) is 3.59. The Morgan fingerprint density at radius 2 is 2.17 bits per heavy atom. The Hall–Kier alpha value is -2.34. The van der Waals surface area contributed by atoms with E-state index in [2.05, 4.69) is 20.3 Å². The van der Waals surface area contributed by atoms with E-state index >= 15 is 0 Å². The number of thioether (sulfide) groups is 1. The molecule has 24 heavy (non-hydrogen) atoms. The second-order valence-electron chi connectivity index (χ2n) is 5.74. The number of pyridine rings is 1. The first-order valence-corrected chi connectivity index (χ1v) is 8.80. The molecule has 1 aromatic carbocycles. The van der Waals surface area contributed by atoms with Gasteiger partial charge < -0.3 is 10.3 Å². The van der Waals surface area contributed by atoms with Crippen LogP contribution >= 0.6 is 11.8 Å². The third-order valence-corrected chi connectivity index (χ3v) is 5.05. The second kappa shape index (κ2) is 7.05. The summed E-state index contributed by atoms with van der Waals surface area (Å²) >= 11 is 1.43. The van der Waals surface area contributed by atoms with Crippen LogP contribution in [0.1, 0.15) is 24.5 Å². The first-order chi connectivity index (χ1) is 11.6. The fraction of sp³-hybridized carbons (Fsp3) is 0.278. The van der Waals surface area contributed by atoms with Crippen LogP contribution in [-0.4, -0.2) is 26.1 Å². The maximum absolute atomic E-state index is 12.6. The van der Waals surface area contributed by atoms with Crippen LogP contribution in [0.3, 0.4) is 0 Å². The van der Waals surface area contributed by atoms with Crippen molar-refractivity contribution in [3.8, 4) is 0 Å². The minimum absolute atomic E-state index is 0.00962. The van der Waals surface area contributed by atoms with Crippen LogP contribution in [-0.2, 0) is 4.79 Å². The molecule has 5 nitrogen and oxygen atoms in total. The number of H-pyrrole nitrogens is 1. The zero-order valence-electron chi connectivity index (χ0n) is 14.0. The monoisotopic (exact) mass is 340 g/mol.